The number of allylic oxidation sites excluding steroid dienone is 2. The van der Waals surface area contributed by atoms with Crippen molar-refractivity contribution in [1.82, 2.24) is 0 Å². The summed E-state index contributed by atoms with van der Waals surface area (Å²) in [6.45, 7) is 5.48. The lowest BCUT2D eigenvalue weighted by molar-refractivity contribution is -0.144. The molecule has 0 heterocycles. The molecule has 0 saturated carbocycles. The third-order valence-electron chi connectivity index (χ3n) is 1.69. The van der Waals surface area contributed by atoms with E-state index in [0.717, 1.165) is 0 Å². The van der Waals surface area contributed by atoms with Gasteiger partial charge >= 0.3 is 11.9 Å². The Kier molecular flexibility index (Phi) is 7.85. The monoisotopic (exact) mass is 226 g/mol. The molecule has 90 valence electrons. The third kappa shape index (κ3) is 7.79. The fourth-order valence-corrected chi connectivity index (χ4v) is 0.942. The molecule has 4 nitrogen and oxygen atoms in total. The van der Waals surface area contributed by atoms with Gasteiger partial charge in [-0.25, -0.2) is 9.59 Å². The molecule has 0 N–H and O–H groups in total. The minimum Gasteiger partial charge on any atom is -0.462 e. The largest absolute Gasteiger partial charge is 0.462 e. The van der Waals surface area contributed by atoms with E-state index in [0.29, 0.717) is 6.42 Å². The molecule has 0 radical (unpaired) electrons. The molecule has 0 saturated heterocycles. The second-order valence-electron chi connectivity index (χ2n) is 3.20. The van der Waals surface area contributed by atoms with Crippen LogP contribution in [0.5, 0.6) is 0 Å². The zero-order valence-electron chi connectivity index (χ0n) is 9.93. The predicted octanol–water partition coefficient (Wildman–Crippen LogP) is 2.00. The number of carbonyl (C=O) groups excluding carboxylic acids is 2. The Morgan fingerprint density at radius 1 is 1.12 bits per heavy atom. The maximum absolute atomic E-state index is 11.0. The van der Waals surface area contributed by atoms with Crippen molar-refractivity contribution < 1.29 is 19.1 Å². The van der Waals surface area contributed by atoms with Gasteiger partial charge in [-0.15, -0.1) is 0 Å². The number of esters is 2. The van der Waals surface area contributed by atoms with E-state index in [2.05, 4.69) is 0 Å². The molecule has 0 aliphatic rings. The van der Waals surface area contributed by atoms with Crippen molar-refractivity contribution in [3.63, 3.8) is 0 Å². The minimum atomic E-state index is -0.380. The number of rotatable bonds is 6. The topological polar surface area (TPSA) is 52.6 Å². The van der Waals surface area contributed by atoms with Crippen molar-refractivity contribution in [2.45, 2.75) is 33.3 Å². The van der Waals surface area contributed by atoms with Gasteiger partial charge < -0.3 is 9.47 Å². The van der Waals surface area contributed by atoms with Gasteiger partial charge in [0, 0.05) is 18.6 Å². The maximum Gasteiger partial charge on any atom is 0.330 e. The van der Waals surface area contributed by atoms with Crippen molar-refractivity contribution in [3.8, 4) is 0 Å². The average Bonchev–Trinajstić information content (AvgIpc) is 2.18. The minimum absolute atomic E-state index is 0.244. The summed E-state index contributed by atoms with van der Waals surface area (Å²) in [6.07, 6.45) is 6.15. The summed E-state index contributed by atoms with van der Waals surface area (Å²) in [5.74, 6) is -0.760. The van der Waals surface area contributed by atoms with Crippen LogP contribution in [-0.2, 0) is 19.1 Å². The van der Waals surface area contributed by atoms with Gasteiger partial charge in [-0.1, -0.05) is 12.2 Å². The molecular weight excluding hydrogens is 208 g/mol. The zero-order chi connectivity index (χ0) is 12.4. The summed E-state index contributed by atoms with van der Waals surface area (Å²) < 4.78 is 9.86. The number of carbonyl (C=O) groups is 2. The van der Waals surface area contributed by atoms with E-state index < -0.39 is 0 Å². The summed E-state index contributed by atoms with van der Waals surface area (Å²) in [7, 11) is 0. The summed E-state index contributed by atoms with van der Waals surface area (Å²) in [5, 5.41) is 0. The molecule has 0 rings (SSSR count). The Balaban J connectivity index is 3.69. The lowest BCUT2D eigenvalue weighted by Crippen LogP contribution is -2.16. The van der Waals surface area contributed by atoms with E-state index in [-0.39, 0.29) is 24.6 Å². The maximum atomic E-state index is 11.0. The van der Waals surface area contributed by atoms with Gasteiger partial charge in [-0.2, -0.15) is 0 Å². The van der Waals surface area contributed by atoms with Crippen LogP contribution in [0.25, 0.3) is 0 Å². The number of hydrogen-bond acceptors (Lipinski definition) is 4. The average molecular weight is 226 g/mol. The van der Waals surface area contributed by atoms with Crippen LogP contribution < -0.4 is 0 Å². The number of hydrogen-bond donors (Lipinski definition) is 0. The molecule has 16 heavy (non-hydrogen) atoms. The fraction of sp³-hybridized carbons (Fsp3) is 0.500. The molecule has 0 aliphatic carbocycles. The van der Waals surface area contributed by atoms with Crippen LogP contribution >= 0.6 is 0 Å². The molecule has 0 spiro atoms. The predicted molar refractivity (Wildman–Crippen MR) is 60.8 cm³/mol. The van der Waals surface area contributed by atoms with Crippen molar-refractivity contribution in [2.75, 3.05) is 6.61 Å². The standard InChI is InChI=1S/C12H18O4/c1-4-6-11(13)15-9-8-10(3)16-12(14)7-5-2/h4-7,10H,8-9H2,1-3H3/b6-4+,7-5+/t10-/m1/s1. The molecule has 0 aromatic heterocycles. The van der Waals surface area contributed by atoms with E-state index in [9.17, 15) is 9.59 Å². The molecule has 0 bridgehead atoms. The van der Waals surface area contributed by atoms with Gasteiger partial charge in [0.2, 0.25) is 0 Å². The summed E-state index contributed by atoms with van der Waals surface area (Å²) in [5.41, 5.74) is 0. The van der Waals surface area contributed by atoms with Crippen LogP contribution in [0.1, 0.15) is 27.2 Å². The lowest BCUT2D eigenvalue weighted by Gasteiger charge is -2.11. The third-order valence-corrected chi connectivity index (χ3v) is 1.69. The van der Waals surface area contributed by atoms with Crippen molar-refractivity contribution in [2.24, 2.45) is 0 Å². The molecule has 0 aromatic carbocycles. The van der Waals surface area contributed by atoms with Crippen LogP contribution in [0, 0.1) is 0 Å². The molecular formula is C12H18O4. The van der Waals surface area contributed by atoms with E-state index in [1.807, 2.05) is 0 Å². The van der Waals surface area contributed by atoms with Crippen molar-refractivity contribution in [1.29, 1.82) is 0 Å². The van der Waals surface area contributed by atoms with Crippen LogP contribution in [0.2, 0.25) is 0 Å². The molecule has 0 fully saturated rings. The second kappa shape index (κ2) is 8.71. The normalized spacial score (nSPS) is 12.9. The first-order valence-electron chi connectivity index (χ1n) is 5.23. The molecule has 0 aromatic rings. The van der Waals surface area contributed by atoms with Crippen LogP contribution in [0.3, 0.4) is 0 Å². The van der Waals surface area contributed by atoms with Gasteiger partial charge in [0.15, 0.2) is 0 Å². The summed E-state index contributed by atoms with van der Waals surface area (Å²) in [4.78, 5) is 21.9. The number of ether oxygens (including phenoxy) is 2. The second-order valence-corrected chi connectivity index (χ2v) is 3.20. The van der Waals surface area contributed by atoms with Crippen molar-refractivity contribution >= 4 is 11.9 Å². The van der Waals surface area contributed by atoms with Crippen LogP contribution in [0.15, 0.2) is 24.3 Å². The zero-order valence-corrected chi connectivity index (χ0v) is 9.93. The molecule has 4 heteroatoms. The molecule has 0 aliphatic heterocycles. The van der Waals surface area contributed by atoms with E-state index in [4.69, 9.17) is 9.47 Å². The summed E-state index contributed by atoms with van der Waals surface area (Å²) in [6, 6.07) is 0. The highest BCUT2D eigenvalue weighted by Crippen LogP contribution is 1.99. The van der Waals surface area contributed by atoms with Gasteiger partial charge in [0.05, 0.1) is 6.61 Å². The Hall–Kier alpha value is -1.58. The molecule has 1 atom stereocenters. The van der Waals surface area contributed by atoms with Gasteiger partial charge in [0.25, 0.3) is 0 Å². The highest BCUT2D eigenvalue weighted by atomic mass is 16.6. The Bertz CT molecular complexity index is 279. The first-order valence-corrected chi connectivity index (χ1v) is 5.23. The molecule has 0 unspecified atom stereocenters. The van der Waals surface area contributed by atoms with Crippen molar-refractivity contribution in [3.05, 3.63) is 24.3 Å². The van der Waals surface area contributed by atoms with E-state index >= 15 is 0 Å². The SMILES string of the molecule is C/C=C/C(=O)OCC[C@@H](C)OC(=O)/C=C/C. The first kappa shape index (κ1) is 14.4. The highest BCUT2D eigenvalue weighted by Gasteiger charge is 2.07. The van der Waals surface area contributed by atoms with Crippen LogP contribution in [-0.4, -0.2) is 24.6 Å². The first-order chi connectivity index (χ1) is 7.60. The quantitative estimate of drug-likeness (QED) is 0.513. The van der Waals surface area contributed by atoms with E-state index in [1.54, 1.807) is 32.9 Å². The Labute approximate surface area is 95.9 Å². The van der Waals surface area contributed by atoms with E-state index in [1.165, 1.54) is 12.2 Å². The van der Waals surface area contributed by atoms with Gasteiger partial charge in [-0.05, 0) is 20.8 Å². The highest BCUT2D eigenvalue weighted by molar-refractivity contribution is 5.82. The molecule has 0 amide bonds. The smallest absolute Gasteiger partial charge is 0.330 e. The summed E-state index contributed by atoms with van der Waals surface area (Å²) >= 11 is 0. The fourth-order valence-electron chi connectivity index (χ4n) is 0.942. The Morgan fingerprint density at radius 3 is 2.25 bits per heavy atom. The van der Waals surface area contributed by atoms with Crippen LogP contribution in [0.4, 0.5) is 0 Å². The van der Waals surface area contributed by atoms with Gasteiger partial charge in [0.1, 0.15) is 6.10 Å². The Morgan fingerprint density at radius 2 is 1.69 bits per heavy atom. The van der Waals surface area contributed by atoms with Gasteiger partial charge in [-0.3, -0.25) is 0 Å². The lowest BCUT2D eigenvalue weighted by atomic mass is 10.3.